The Morgan fingerprint density at radius 3 is 2.77 bits per heavy atom. The molecule has 0 aliphatic heterocycles. The number of hydrogen-bond acceptors (Lipinski definition) is 4. The summed E-state index contributed by atoms with van der Waals surface area (Å²) < 4.78 is 7.32. The molecule has 0 bridgehead atoms. The molecule has 0 unspecified atom stereocenters. The lowest BCUT2D eigenvalue weighted by Crippen LogP contribution is -2.02. The molecule has 5 nitrogen and oxygen atoms in total. The Balaban J connectivity index is 1.91. The van der Waals surface area contributed by atoms with Crippen molar-refractivity contribution in [2.75, 3.05) is 5.73 Å². The Bertz CT molecular complexity index is 855. The van der Waals surface area contributed by atoms with E-state index in [1.165, 1.54) is 0 Å². The zero-order chi connectivity index (χ0) is 15.5. The number of nitrogens with zero attached hydrogens (tertiary/aromatic N) is 3. The van der Waals surface area contributed by atoms with E-state index in [-0.39, 0.29) is 5.88 Å². The first kappa shape index (κ1) is 14.0. The van der Waals surface area contributed by atoms with Crippen LogP contribution in [0.1, 0.15) is 18.1 Å². The zero-order valence-corrected chi connectivity index (χ0v) is 12.3. The van der Waals surface area contributed by atoms with Gasteiger partial charge in [0.25, 0.3) is 5.88 Å². The van der Waals surface area contributed by atoms with Gasteiger partial charge in [-0.3, -0.25) is 0 Å². The first-order valence-electron chi connectivity index (χ1n) is 7.10. The van der Waals surface area contributed by atoms with Gasteiger partial charge in [-0.15, -0.1) is 5.10 Å². The number of nitrogens with two attached hydrogens (primary N) is 1. The molecule has 2 N–H and O–H groups in total. The van der Waals surface area contributed by atoms with E-state index in [1.54, 1.807) is 4.68 Å². The van der Waals surface area contributed by atoms with Gasteiger partial charge in [-0.2, -0.15) is 5.26 Å². The second-order valence-corrected chi connectivity index (χ2v) is 4.92. The lowest BCUT2D eigenvalue weighted by Gasteiger charge is -2.07. The molecule has 0 saturated heterocycles. The topological polar surface area (TPSA) is 76.9 Å². The SMILES string of the molecule is CCn1nc(OCc2cccc3ccccc23)c(C#N)c1N. The Kier molecular flexibility index (Phi) is 3.67. The number of rotatable bonds is 4. The summed E-state index contributed by atoms with van der Waals surface area (Å²) in [6.07, 6.45) is 0. The van der Waals surface area contributed by atoms with Crippen LogP contribution < -0.4 is 10.5 Å². The fourth-order valence-corrected chi connectivity index (χ4v) is 2.46. The highest BCUT2D eigenvalue weighted by atomic mass is 16.5. The summed E-state index contributed by atoms with van der Waals surface area (Å²) in [5, 5.41) is 15.7. The van der Waals surface area contributed by atoms with Crippen LogP contribution in [0.5, 0.6) is 5.88 Å². The molecule has 0 radical (unpaired) electrons. The molecule has 22 heavy (non-hydrogen) atoms. The number of aryl methyl sites for hydroxylation is 1. The smallest absolute Gasteiger partial charge is 0.253 e. The molecule has 0 aliphatic carbocycles. The van der Waals surface area contributed by atoms with Crippen LogP contribution >= 0.6 is 0 Å². The maximum atomic E-state index is 9.21. The molecule has 0 fully saturated rings. The second kappa shape index (κ2) is 5.78. The molecule has 5 heteroatoms. The molecule has 0 spiro atoms. The van der Waals surface area contributed by atoms with Crippen molar-refractivity contribution in [1.82, 2.24) is 9.78 Å². The highest BCUT2D eigenvalue weighted by Gasteiger charge is 2.16. The minimum Gasteiger partial charge on any atom is -0.471 e. The Hall–Kier alpha value is -3.00. The van der Waals surface area contributed by atoms with Crippen LogP contribution in [0.15, 0.2) is 42.5 Å². The van der Waals surface area contributed by atoms with Gasteiger partial charge >= 0.3 is 0 Å². The van der Waals surface area contributed by atoms with E-state index >= 15 is 0 Å². The number of hydrogen-bond donors (Lipinski definition) is 1. The van der Waals surface area contributed by atoms with Crippen molar-refractivity contribution in [2.45, 2.75) is 20.1 Å². The van der Waals surface area contributed by atoms with Crippen LogP contribution in [-0.4, -0.2) is 9.78 Å². The Labute approximate surface area is 128 Å². The molecule has 0 atom stereocenters. The zero-order valence-electron chi connectivity index (χ0n) is 12.3. The molecular weight excluding hydrogens is 276 g/mol. The van der Waals surface area contributed by atoms with Gasteiger partial charge in [-0.05, 0) is 23.3 Å². The molecule has 1 heterocycles. The van der Waals surface area contributed by atoms with Crippen molar-refractivity contribution < 1.29 is 4.74 Å². The number of aromatic nitrogens is 2. The number of fused-ring (bicyclic) bond motifs is 1. The average molecular weight is 292 g/mol. The van der Waals surface area contributed by atoms with E-state index in [0.717, 1.165) is 16.3 Å². The molecule has 110 valence electrons. The molecular formula is C17H16N4O. The first-order chi connectivity index (χ1) is 10.7. The van der Waals surface area contributed by atoms with Crippen molar-refractivity contribution >= 4 is 16.6 Å². The number of ether oxygens (including phenoxy) is 1. The van der Waals surface area contributed by atoms with Gasteiger partial charge in [0.1, 0.15) is 18.5 Å². The number of anilines is 1. The molecule has 0 aliphatic rings. The largest absolute Gasteiger partial charge is 0.471 e. The minimum absolute atomic E-state index is 0.287. The first-order valence-corrected chi connectivity index (χ1v) is 7.10. The van der Waals surface area contributed by atoms with Gasteiger partial charge in [0.2, 0.25) is 0 Å². The van der Waals surface area contributed by atoms with Gasteiger partial charge in [-0.1, -0.05) is 42.5 Å². The van der Waals surface area contributed by atoms with Gasteiger partial charge in [0, 0.05) is 6.54 Å². The minimum atomic E-state index is 0.287. The summed E-state index contributed by atoms with van der Waals surface area (Å²) in [7, 11) is 0. The lowest BCUT2D eigenvalue weighted by atomic mass is 10.1. The van der Waals surface area contributed by atoms with Gasteiger partial charge in [0.15, 0.2) is 5.56 Å². The van der Waals surface area contributed by atoms with Gasteiger partial charge in [0.05, 0.1) is 0 Å². The highest BCUT2D eigenvalue weighted by molar-refractivity contribution is 5.85. The van der Waals surface area contributed by atoms with E-state index in [9.17, 15) is 5.26 Å². The summed E-state index contributed by atoms with van der Waals surface area (Å²) in [5.74, 6) is 0.632. The van der Waals surface area contributed by atoms with Crippen molar-refractivity contribution in [3.63, 3.8) is 0 Å². The fourth-order valence-electron chi connectivity index (χ4n) is 2.46. The van der Waals surface area contributed by atoms with Crippen LogP contribution in [-0.2, 0) is 13.2 Å². The van der Waals surface area contributed by atoms with Crippen LogP contribution in [0, 0.1) is 11.3 Å². The third-order valence-corrected chi connectivity index (χ3v) is 3.62. The third-order valence-electron chi connectivity index (χ3n) is 3.62. The quantitative estimate of drug-likeness (QED) is 0.801. The molecule has 0 amide bonds. The molecule has 3 aromatic rings. The third kappa shape index (κ3) is 2.35. The summed E-state index contributed by atoms with van der Waals surface area (Å²) in [4.78, 5) is 0. The Morgan fingerprint density at radius 1 is 1.23 bits per heavy atom. The lowest BCUT2D eigenvalue weighted by molar-refractivity contribution is 0.290. The summed E-state index contributed by atoms with van der Waals surface area (Å²) in [6.45, 7) is 2.85. The molecule has 3 rings (SSSR count). The van der Waals surface area contributed by atoms with Crippen molar-refractivity contribution in [1.29, 1.82) is 5.26 Å². The van der Waals surface area contributed by atoms with Crippen LogP contribution in [0.3, 0.4) is 0 Å². The summed E-state index contributed by atoms with van der Waals surface area (Å²) in [6, 6.07) is 16.2. The number of nitriles is 1. The van der Waals surface area contributed by atoms with E-state index in [4.69, 9.17) is 10.5 Å². The molecule has 0 saturated carbocycles. The van der Waals surface area contributed by atoms with Gasteiger partial charge in [-0.25, -0.2) is 4.68 Å². The predicted octanol–water partition coefficient (Wildman–Crippen LogP) is 3.09. The standard InChI is InChI=1S/C17H16N4O/c1-2-21-16(19)15(10-18)17(20-21)22-11-13-8-5-7-12-6-3-4-9-14(12)13/h3-9H,2,11,19H2,1H3. The highest BCUT2D eigenvalue weighted by Crippen LogP contribution is 2.25. The maximum absolute atomic E-state index is 9.21. The maximum Gasteiger partial charge on any atom is 0.253 e. The fraction of sp³-hybridized carbons (Fsp3) is 0.176. The van der Waals surface area contributed by atoms with E-state index in [1.807, 2.05) is 31.2 Å². The molecule has 1 aromatic heterocycles. The van der Waals surface area contributed by atoms with E-state index < -0.39 is 0 Å². The van der Waals surface area contributed by atoms with Crippen molar-refractivity contribution in [3.05, 3.63) is 53.6 Å². The summed E-state index contributed by atoms with van der Waals surface area (Å²) >= 11 is 0. The second-order valence-electron chi connectivity index (χ2n) is 4.92. The van der Waals surface area contributed by atoms with E-state index in [2.05, 4.69) is 29.4 Å². The Morgan fingerprint density at radius 2 is 2.00 bits per heavy atom. The monoisotopic (exact) mass is 292 g/mol. The normalized spacial score (nSPS) is 10.5. The van der Waals surface area contributed by atoms with Gasteiger partial charge < -0.3 is 10.5 Å². The summed E-state index contributed by atoms with van der Waals surface area (Å²) in [5.41, 5.74) is 7.22. The van der Waals surface area contributed by atoms with E-state index in [0.29, 0.717) is 24.5 Å². The van der Waals surface area contributed by atoms with Crippen molar-refractivity contribution in [3.8, 4) is 11.9 Å². The number of nitrogen functional groups attached to an aromatic ring is 1. The average Bonchev–Trinajstić information content (AvgIpc) is 2.87. The van der Waals surface area contributed by atoms with Crippen LogP contribution in [0.25, 0.3) is 10.8 Å². The van der Waals surface area contributed by atoms with Crippen molar-refractivity contribution in [2.24, 2.45) is 0 Å². The molecule has 2 aromatic carbocycles. The van der Waals surface area contributed by atoms with Crippen LogP contribution in [0.4, 0.5) is 5.82 Å². The number of benzene rings is 2. The predicted molar refractivity (Wildman–Crippen MR) is 85.3 cm³/mol. The van der Waals surface area contributed by atoms with Crippen LogP contribution in [0.2, 0.25) is 0 Å².